The Bertz CT molecular complexity index is 559. The number of halogens is 1. The number of nitrogens with zero attached hydrogens (tertiary/aromatic N) is 2. The smallest absolute Gasteiger partial charge is 0.261 e. The Morgan fingerprint density at radius 1 is 1.30 bits per heavy atom. The molecular formula is C13H15BrN2O4. The number of ether oxygens (including phenoxy) is 2. The van der Waals surface area contributed by atoms with Gasteiger partial charge in [-0.1, -0.05) is 21.1 Å². The van der Waals surface area contributed by atoms with Gasteiger partial charge in [0.05, 0.1) is 25.4 Å². The van der Waals surface area contributed by atoms with Gasteiger partial charge in [0, 0.05) is 18.0 Å². The molecule has 2 aromatic rings. The third kappa shape index (κ3) is 4.03. The lowest BCUT2D eigenvalue weighted by Crippen LogP contribution is -2.05. The van der Waals surface area contributed by atoms with Crippen LogP contribution in [0.2, 0.25) is 0 Å². The summed E-state index contributed by atoms with van der Waals surface area (Å²) in [4.78, 5) is 4.23. The van der Waals surface area contributed by atoms with E-state index in [-0.39, 0.29) is 11.6 Å². The van der Waals surface area contributed by atoms with Gasteiger partial charge in [0.25, 0.3) is 5.89 Å². The SMILES string of the molecule is COCCOCCc1noc(-c2cc(Br)ccc2O)n1. The highest BCUT2D eigenvalue weighted by molar-refractivity contribution is 9.10. The Morgan fingerprint density at radius 3 is 2.95 bits per heavy atom. The summed E-state index contributed by atoms with van der Waals surface area (Å²) in [7, 11) is 1.62. The number of phenolic OH excluding ortho intramolecular Hbond substituents is 1. The molecule has 0 aliphatic carbocycles. The van der Waals surface area contributed by atoms with Crippen LogP contribution < -0.4 is 0 Å². The molecule has 2 rings (SSSR count). The van der Waals surface area contributed by atoms with Gasteiger partial charge in [0.1, 0.15) is 5.75 Å². The van der Waals surface area contributed by atoms with Crippen molar-refractivity contribution in [3.8, 4) is 17.2 Å². The molecule has 1 aromatic heterocycles. The first kappa shape index (κ1) is 15.0. The van der Waals surface area contributed by atoms with Gasteiger partial charge < -0.3 is 19.1 Å². The van der Waals surface area contributed by atoms with E-state index in [4.69, 9.17) is 14.0 Å². The summed E-state index contributed by atoms with van der Waals surface area (Å²) in [5.74, 6) is 0.923. The highest BCUT2D eigenvalue weighted by Gasteiger charge is 2.13. The molecule has 1 heterocycles. The fraction of sp³-hybridized carbons (Fsp3) is 0.385. The van der Waals surface area contributed by atoms with Crippen LogP contribution in [-0.2, 0) is 15.9 Å². The molecule has 0 fully saturated rings. The molecule has 0 unspecified atom stereocenters. The molecule has 1 N–H and O–H groups in total. The largest absolute Gasteiger partial charge is 0.507 e. The van der Waals surface area contributed by atoms with Gasteiger partial charge in [0.15, 0.2) is 5.82 Å². The van der Waals surface area contributed by atoms with E-state index >= 15 is 0 Å². The molecule has 20 heavy (non-hydrogen) atoms. The molecule has 1 aromatic carbocycles. The normalized spacial score (nSPS) is 10.9. The monoisotopic (exact) mass is 342 g/mol. The lowest BCUT2D eigenvalue weighted by Gasteiger charge is -2.00. The van der Waals surface area contributed by atoms with Crippen molar-refractivity contribution in [1.82, 2.24) is 10.1 Å². The van der Waals surface area contributed by atoms with Crippen molar-refractivity contribution in [3.63, 3.8) is 0 Å². The van der Waals surface area contributed by atoms with Crippen LogP contribution in [0.1, 0.15) is 5.82 Å². The van der Waals surface area contributed by atoms with Gasteiger partial charge in [-0.25, -0.2) is 0 Å². The van der Waals surface area contributed by atoms with Crippen LogP contribution >= 0.6 is 15.9 Å². The highest BCUT2D eigenvalue weighted by atomic mass is 79.9. The van der Waals surface area contributed by atoms with E-state index in [1.165, 1.54) is 0 Å². The molecular weight excluding hydrogens is 328 g/mol. The fourth-order valence-corrected chi connectivity index (χ4v) is 1.91. The molecule has 0 radical (unpaired) electrons. The molecule has 7 heteroatoms. The number of aromatic nitrogens is 2. The van der Waals surface area contributed by atoms with Crippen LogP contribution in [0.4, 0.5) is 0 Å². The number of benzene rings is 1. The standard InChI is InChI=1S/C13H15BrN2O4/c1-18-6-7-19-5-4-12-15-13(20-16-12)10-8-9(14)2-3-11(10)17/h2-3,8,17H,4-7H2,1H3. The molecule has 0 amide bonds. The second-order valence-corrected chi connectivity index (χ2v) is 4.95. The minimum absolute atomic E-state index is 0.0970. The van der Waals surface area contributed by atoms with Crippen molar-refractivity contribution in [2.24, 2.45) is 0 Å². The lowest BCUT2D eigenvalue weighted by atomic mass is 10.2. The zero-order valence-corrected chi connectivity index (χ0v) is 12.6. The number of phenols is 1. The van der Waals surface area contributed by atoms with E-state index in [1.54, 1.807) is 25.3 Å². The third-order valence-corrected chi connectivity index (χ3v) is 3.05. The Hall–Kier alpha value is -1.44. The average Bonchev–Trinajstić information content (AvgIpc) is 2.90. The first-order valence-electron chi connectivity index (χ1n) is 6.09. The van der Waals surface area contributed by atoms with Gasteiger partial charge in [0.2, 0.25) is 0 Å². The second kappa shape index (κ2) is 7.37. The van der Waals surface area contributed by atoms with Gasteiger partial charge in [-0.2, -0.15) is 4.98 Å². The van der Waals surface area contributed by atoms with E-state index in [1.807, 2.05) is 0 Å². The van der Waals surface area contributed by atoms with E-state index < -0.39 is 0 Å². The van der Waals surface area contributed by atoms with Crippen LogP contribution in [0.15, 0.2) is 27.2 Å². The van der Waals surface area contributed by atoms with Crippen LogP contribution in [0, 0.1) is 0 Å². The zero-order valence-electron chi connectivity index (χ0n) is 11.0. The molecule has 0 bridgehead atoms. The van der Waals surface area contributed by atoms with E-state index in [2.05, 4.69) is 26.1 Å². The molecule has 0 aliphatic rings. The van der Waals surface area contributed by atoms with Crippen molar-refractivity contribution in [3.05, 3.63) is 28.5 Å². The summed E-state index contributed by atoms with van der Waals surface area (Å²) in [6.07, 6.45) is 0.544. The van der Waals surface area contributed by atoms with Crippen molar-refractivity contribution in [2.75, 3.05) is 26.9 Å². The van der Waals surface area contributed by atoms with E-state index in [0.29, 0.717) is 37.6 Å². The Labute approximate surface area is 124 Å². The Balaban J connectivity index is 1.96. The lowest BCUT2D eigenvalue weighted by molar-refractivity contribution is 0.0714. The van der Waals surface area contributed by atoms with Crippen LogP contribution in [0.5, 0.6) is 5.75 Å². The van der Waals surface area contributed by atoms with Crippen LogP contribution in [0.3, 0.4) is 0 Å². The van der Waals surface area contributed by atoms with Crippen molar-refractivity contribution >= 4 is 15.9 Å². The fourth-order valence-electron chi connectivity index (χ4n) is 1.55. The number of methoxy groups -OCH3 is 1. The van der Waals surface area contributed by atoms with Crippen molar-refractivity contribution in [2.45, 2.75) is 6.42 Å². The quantitative estimate of drug-likeness (QED) is 0.778. The summed E-state index contributed by atoms with van der Waals surface area (Å²) in [5, 5.41) is 13.6. The summed E-state index contributed by atoms with van der Waals surface area (Å²) in [5.41, 5.74) is 0.499. The minimum Gasteiger partial charge on any atom is -0.507 e. The zero-order chi connectivity index (χ0) is 14.4. The predicted molar refractivity (Wildman–Crippen MR) is 75.5 cm³/mol. The van der Waals surface area contributed by atoms with Crippen LogP contribution in [-0.4, -0.2) is 42.2 Å². The number of rotatable bonds is 7. The minimum atomic E-state index is 0.0970. The molecule has 0 spiro atoms. The van der Waals surface area contributed by atoms with Crippen LogP contribution in [0.25, 0.3) is 11.5 Å². The molecule has 6 nitrogen and oxygen atoms in total. The summed E-state index contributed by atoms with van der Waals surface area (Å²) in [6, 6.07) is 5.03. The second-order valence-electron chi connectivity index (χ2n) is 4.03. The molecule has 0 aliphatic heterocycles. The van der Waals surface area contributed by atoms with Crippen molar-refractivity contribution in [1.29, 1.82) is 0 Å². The first-order valence-corrected chi connectivity index (χ1v) is 6.88. The van der Waals surface area contributed by atoms with Gasteiger partial charge in [-0.15, -0.1) is 0 Å². The molecule has 0 atom stereocenters. The first-order chi connectivity index (χ1) is 9.70. The average molecular weight is 343 g/mol. The van der Waals surface area contributed by atoms with Gasteiger partial charge in [-0.3, -0.25) is 0 Å². The summed E-state index contributed by atoms with van der Waals surface area (Å²) < 4.78 is 16.2. The maximum Gasteiger partial charge on any atom is 0.261 e. The topological polar surface area (TPSA) is 77.6 Å². The third-order valence-electron chi connectivity index (χ3n) is 2.56. The van der Waals surface area contributed by atoms with E-state index in [9.17, 15) is 5.11 Å². The number of hydrogen-bond acceptors (Lipinski definition) is 6. The molecule has 0 saturated heterocycles. The Morgan fingerprint density at radius 2 is 2.15 bits per heavy atom. The predicted octanol–water partition coefficient (Wildman–Crippen LogP) is 2.41. The summed E-state index contributed by atoms with van der Waals surface area (Å²) in [6.45, 7) is 1.59. The van der Waals surface area contributed by atoms with Gasteiger partial charge >= 0.3 is 0 Å². The highest BCUT2D eigenvalue weighted by Crippen LogP contribution is 2.30. The van der Waals surface area contributed by atoms with E-state index in [0.717, 1.165) is 4.47 Å². The molecule has 108 valence electrons. The molecule has 0 saturated carbocycles. The summed E-state index contributed by atoms with van der Waals surface area (Å²) >= 11 is 3.33. The Kier molecular flexibility index (Phi) is 5.51. The van der Waals surface area contributed by atoms with Crippen molar-refractivity contribution < 1.29 is 19.1 Å². The van der Waals surface area contributed by atoms with Gasteiger partial charge in [-0.05, 0) is 18.2 Å². The maximum absolute atomic E-state index is 9.78. The number of hydrogen-bond donors (Lipinski definition) is 1. The number of aromatic hydroxyl groups is 1. The maximum atomic E-state index is 9.78.